The number of esters is 1. The molecule has 4 rings (SSSR count). The highest BCUT2D eigenvalue weighted by atomic mass is 16.5. The topological polar surface area (TPSA) is 70.4 Å². The molecule has 1 aliphatic heterocycles. The molecule has 1 saturated carbocycles. The van der Waals surface area contributed by atoms with E-state index in [1.54, 1.807) is 0 Å². The molecule has 2 aliphatic rings. The summed E-state index contributed by atoms with van der Waals surface area (Å²) in [5.74, 6) is -0.916. The Morgan fingerprint density at radius 2 is 2.07 bits per heavy atom. The predicted molar refractivity (Wildman–Crippen MR) is 105 cm³/mol. The van der Waals surface area contributed by atoms with Gasteiger partial charge in [-0.1, -0.05) is 12.5 Å². The van der Waals surface area contributed by atoms with Crippen LogP contribution in [0.2, 0.25) is 0 Å². The first-order valence-corrected chi connectivity index (χ1v) is 10.3. The summed E-state index contributed by atoms with van der Waals surface area (Å²) >= 11 is 0. The molecule has 150 valence electrons. The minimum absolute atomic E-state index is 0.00578. The first-order valence-electron chi connectivity index (χ1n) is 10.3. The number of aromatic nitrogens is 2. The molecule has 6 nitrogen and oxygen atoms in total. The molecule has 2 aromatic rings. The predicted octanol–water partition coefficient (Wildman–Crippen LogP) is 4.06. The molecule has 0 N–H and O–H groups in total. The van der Waals surface area contributed by atoms with Crippen molar-refractivity contribution in [2.75, 3.05) is 13.7 Å². The van der Waals surface area contributed by atoms with Crippen LogP contribution in [0.5, 0.6) is 0 Å². The van der Waals surface area contributed by atoms with E-state index in [1.807, 2.05) is 10.9 Å². The number of hydrogen-bond donors (Lipinski definition) is 0. The number of fused-ring (bicyclic) bond motifs is 1. The van der Waals surface area contributed by atoms with Gasteiger partial charge in [0.05, 0.1) is 18.8 Å². The number of carbonyl (C=O) groups excluding carboxylic acids is 2. The van der Waals surface area contributed by atoms with Gasteiger partial charge in [-0.05, 0) is 62.1 Å². The number of aryl methyl sites for hydroxylation is 1. The van der Waals surface area contributed by atoms with Crippen LogP contribution in [0.3, 0.4) is 0 Å². The van der Waals surface area contributed by atoms with Crippen LogP contribution in [0.1, 0.15) is 68.2 Å². The molecule has 1 aliphatic carbocycles. The number of methoxy groups -OCH3 is 1. The molecule has 28 heavy (non-hydrogen) atoms. The fourth-order valence-corrected chi connectivity index (χ4v) is 4.79. The lowest BCUT2D eigenvalue weighted by atomic mass is 9.86. The number of nitrogens with zero attached hydrogens (tertiary/aromatic N) is 2. The van der Waals surface area contributed by atoms with E-state index < -0.39 is 11.9 Å². The number of Topliss-reactive ketones (excluding diaryl/α,β-unsaturated/α-hetero) is 1. The van der Waals surface area contributed by atoms with Gasteiger partial charge >= 0.3 is 5.97 Å². The van der Waals surface area contributed by atoms with Gasteiger partial charge in [-0.3, -0.25) is 9.59 Å². The fourth-order valence-electron chi connectivity index (χ4n) is 4.79. The molecular weight excluding hydrogens is 356 g/mol. The molecule has 1 saturated heterocycles. The summed E-state index contributed by atoms with van der Waals surface area (Å²) in [6.07, 6.45) is 7.82. The van der Waals surface area contributed by atoms with Crippen molar-refractivity contribution in [3.8, 4) is 0 Å². The maximum atomic E-state index is 12.8. The van der Waals surface area contributed by atoms with Crippen molar-refractivity contribution >= 4 is 22.7 Å². The number of rotatable bonds is 3. The van der Waals surface area contributed by atoms with Gasteiger partial charge in [0.25, 0.3) is 0 Å². The van der Waals surface area contributed by atoms with Gasteiger partial charge in [0.2, 0.25) is 0 Å². The van der Waals surface area contributed by atoms with Gasteiger partial charge in [0.1, 0.15) is 11.7 Å². The van der Waals surface area contributed by atoms with E-state index in [0.29, 0.717) is 12.8 Å². The molecular formula is C22H28N2O4. The zero-order valence-electron chi connectivity index (χ0n) is 16.6. The first kappa shape index (κ1) is 19.1. The SMILES string of the molecule is COC(=O)C1CCCC(c2c(C)ccc3c2cnn3C2CCCCO2)CC1=O. The number of ketones is 1. The smallest absolute Gasteiger partial charge is 0.316 e. The summed E-state index contributed by atoms with van der Waals surface area (Å²) in [5, 5.41) is 5.75. The highest BCUT2D eigenvalue weighted by molar-refractivity contribution is 5.99. The third-order valence-corrected chi connectivity index (χ3v) is 6.24. The minimum Gasteiger partial charge on any atom is -0.468 e. The highest BCUT2D eigenvalue weighted by Gasteiger charge is 2.34. The van der Waals surface area contributed by atoms with E-state index >= 15 is 0 Å². The van der Waals surface area contributed by atoms with Crippen molar-refractivity contribution in [3.05, 3.63) is 29.5 Å². The second-order valence-corrected chi connectivity index (χ2v) is 8.01. The van der Waals surface area contributed by atoms with E-state index in [9.17, 15) is 9.59 Å². The van der Waals surface area contributed by atoms with Crippen molar-refractivity contribution in [2.45, 2.75) is 64.0 Å². The summed E-state index contributed by atoms with van der Waals surface area (Å²) in [7, 11) is 1.35. The second-order valence-electron chi connectivity index (χ2n) is 8.01. The van der Waals surface area contributed by atoms with Crippen molar-refractivity contribution in [3.63, 3.8) is 0 Å². The molecule has 3 atom stereocenters. The molecule has 1 aromatic heterocycles. The van der Waals surface area contributed by atoms with Crippen LogP contribution in [0.25, 0.3) is 10.9 Å². The quantitative estimate of drug-likeness (QED) is 0.453. The van der Waals surface area contributed by atoms with E-state index in [1.165, 1.54) is 18.2 Å². The van der Waals surface area contributed by atoms with E-state index in [2.05, 4.69) is 24.2 Å². The number of carbonyl (C=O) groups is 2. The summed E-state index contributed by atoms with van der Waals surface area (Å²) in [5.41, 5.74) is 3.43. The Morgan fingerprint density at radius 1 is 1.21 bits per heavy atom. The molecule has 3 unspecified atom stereocenters. The average Bonchev–Trinajstić information content (AvgIpc) is 3.04. The van der Waals surface area contributed by atoms with Crippen LogP contribution in [0.15, 0.2) is 18.3 Å². The van der Waals surface area contributed by atoms with Gasteiger partial charge in [-0.25, -0.2) is 4.68 Å². The van der Waals surface area contributed by atoms with E-state index in [-0.39, 0.29) is 17.9 Å². The Bertz CT molecular complexity index is 882. The average molecular weight is 384 g/mol. The lowest BCUT2D eigenvalue weighted by Gasteiger charge is -2.24. The molecule has 2 fully saturated rings. The maximum Gasteiger partial charge on any atom is 0.316 e. The monoisotopic (exact) mass is 384 g/mol. The van der Waals surface area contributed by atoms with Crippen LogP contribution in [-0.4, -0.2) is 35.2 Å². The Hall–Kier alpha value is -2.21. The third-order valence-electron chi connectivity index (χ3n) is 6.24. The molecule has 0 spiro atoms. The standard InChI is InChI=1S/C22H28N2O4/c1-14-9-10-18-17(13-23-24(18)20-8-3-4-11-28-20)21(14)15-6-5-7-16(19(25)12-15)22(26)27-2/h9-10,13,15-16,20H,3-8,11-12H2,1-2H3. The summed E-state index contributed by atoms with van der Waals surface area (Å²) in [6, 6.07) is 4.22. The van der Waals surface area contributed by atoms with Crippen molar-refractivity contribution in [2.24, 2.45) is 5.92 Å². The fraction of sp³-hybridized carbons (Fsp3) is 0.591. The second kappa shape index (κ2) is 8.03. The lowest BCUT2D eigenvalue weighted by molar-refractivity contribution is -0.149. The molecule has 0 radical (unpaired) electrons. The molecule has 6 heteroatoms. The number of ether oxygens (including phenoxy) is 2. The molecule has 0 bridgehead atoms. The largest absolute Gasteiger partial charge is 0.468 e. The highest BCUT2D eigenvalue weighted by Crippen LogP contribution is 2.39. The summed E-state index contributed by atoms with van der Waals surface area (Å²) in [4.78, 5) is 24.7. The Balaban J connectivity index is 1.68. The Kier molecular flexibility index (Phi) is 5.49. The van der Waals surface area contributed by atoms with Crippen LogP contribution in [-0.2, 0) is 19.1 Å². The van der Waals surface area contributed by atoms with Crippen LogP contribution >= 0.6 is 0 Å². The van der Waals surface area contributed by atoms with Crippen LogP contribution in [0.4, 0.5) is 0 Å². The molecule has 1 aromatic carbocycles. The maximum absolute atomic E-state index is 12.8. The zero-order chi connectivity index (χ0) is 19.7. The van der Waals surface area contributed by atoms with Gasteiger partial charge in [-0.15, -0.1) is 0 Å². The van der Waals surface area contributed by atoms with Crippen molar-refractivity contribution in [1.29, 1.82) is 0 Å². The minimum atomic E-state index is -0.618. The van der Waals surface area contributed by atoms with Crippen LogP contribution in [0, 0.1) is 12.8 Å². The Labute approximate surface area is 165 Å². The van der Waals surface area contributed by atoms with E-state index in [0.717, 1.165) is 49.6 Å². The van der Waals surface area contributed by atoms with Crippen LogP contribution < -0.4 is 0 Å². The van der Waals surface area contributed by atoms with Gasteiger partial charge < -0.3 is 9.47 Å². The van der Waals surface area contributed by atoms with Gasteiger partial charge in [0.15, 0.2) is 6.23 Å². The Morgan fingerprint density at radius 3 is 2.82 bits per heavy atom. The summed E-state index contributed by atoms with van der Waals surface area (Å²) in [6.45, 7) is 2.87. The van der Waals surface area contributed by atoms with Crippen molar-refractivity contribution in [1.82, 2.24) is 9.78 Å². The third kappa shape index (κ3) is 3.46. The first-order chi connectivity index (χ1) is 13.6. The van der Waals surface area contributed by atoms with Crippen molar-refractivity contribution < 1.29 is 19.1 Å². The zero-order valence-corrected chi connectivity index (χ0v) is 16.6. The number of benzene rings is 1. The lowest BCUT2D eigenvalue weighted by Crippen LogP contribution is -2.24. The summed E-state index contributed by atoms with van der Waals surface area (Å²) < 4.78 is 12.8. The van der Waals surface area contributed by atoms with Gasteiger partial charge in [-0.2, -0.15) is 5.10 Å². The molecule has 0 amide bonds. The van der Waals surface area contributed by atoms with Gasteiger partial charge in [0, 0.05) is 18.4 Å². The van der Waals surface area contributed by atoms with E-state index in [4.69, 9.17) is 9.47 Å². The number of hydrogen-bond acceptors (Lipinski definition) is 5. The normalized spacial score (nSPS) is 26.2. The molecule has 2 heterocycles.